The van der Waals surface area contributed by atoms with Gasteiger partial charge in [0.05, 0.1) is 0 Å². The second-order valence-corrected chi connectivity index (χ2v) is 5.97. The second-order valence-electron chi connectivity index (χ2n) is 4.53. The molecular weight excluding hydrogens is 274 g/mol. The summed E-state index contributed by atoms with van der Waals surface area (Å²) < 4.78 is 26.5. The molecule has 0 aliphatic carbocycles. The lowest BCUT2D eigenvalue weighted by Crippen LogP contribution is -2.21. The van der Waals surface area contributed by atoms with Crippen LogP contribution in [0.4, 0.5) is 8.78 Å². The second kappa shape index (κ2) is 5.76. The van der Waals surface area contributed by atoms with Gasteiger partial charge in [-0.15, -0.1) is 0 Å². The van der Waals surface area contributed by atoms with Crippen LogP contribution in [0.1, 0.15) is 26.3 Å². The van der Waals surface area contributed by atoms with Crippen LogP contribution in [-0.4, -0.2) is 4.83 Å². The van der Waals surface area contributed by atoms with E-state index in [1.807, 2.05) is 6.92 Å². The average molecular weight is 291 g/mol. The molecule has 0 heterocycles. The lowest BCUT2D eigenvalue weighted by atomic mass is 9.87. The SMILES string of the molecule is CC(C)C(Cc1cc(F)ccc1F)C(C)Br. The Morgan fingerprint density at radius 3 is 2.31 bits per heavy atom. The molecule has 0 aliphatic heterocycles. The van der Waals surface area contributed by atoms with Gasteiger partial charge in [-0.05, 0) is 42.0 Å². The van der Waals surface area contributed by atoms with E-state index in [1.165, 1.54) is 12.1 Å². The zero-order valence-electron chi connectivity index (χ0n) is 9.81. The summed E-state index contributed by atoms with van der Waals surface area (Å²) in [6, 6.07) is 3.64. The number of hydrogen-bond acceptors (Lipinski definition) is 0. The van der Waals surface area contributed by atoms with Gasteiger partial charge in [0.1, 0.15) is 11.6 Å². The van der Waals surface area contributed by atoms with Crippen LogP contribution < -0.4 is 0 Å². The van der Waals surface area contributed by atoms with Gasteiger partial charge in [0.2, 0.25) is 0 Å². The highest BCUT2D eigenvalue weighted by molar-refractivity contribution is 9.09. The molecule has 0 fully saturated rings. The number of hydrogen-bond donors (Lipinski definition) is 0. The van der Waals surface area contributed by atoms with E-state index in [1.54, 1.807) is 0 Å². The van der Waals surface area contributed by atoms with Gasteiger partial charge in [-0.3, -0.25) is 0 Å². The number of rotatable bonds is 4. The molecule has 2 unspecified atom stereocenters. The molecule has 0 aliphatic rings. The first-order chi connectivity index (χ1) is 7.41. The molecule has 0 nitrogen and oxygen atoms in total. The van der Waals surface area contributed by atoms with E-state index in [9.17, 15) is 8.78 Å². The van der Waals surface area contributed by atoms with Gasteiger partial charge < -0.3 is 0 Å². The van der Waals surface area contributed by atoms with Crippen molar-refractivity contribution < 1.29 is 8.78 Å². The summed E-state index contributed by atoms with van der Waals surface area (Å²) in [5.74, 6) is 0.0367. The first kappa shape index (κ1) is 13.6. The Bertz CT molecular complexity index is 340. The summed E-state index contributed by atoms with van der Waals surface area (Å²) in [5.41, 5.74) is 0.463. The van der Waals surface area contributed by atoms with Gasteiger partial charge >= 0.3 is 0 Å². The molecule has 0 bridgehead atoms. The molecule has 0 aromatic heterocycles. The number of alkyl halides is 1. The van der Waals surface area contributed by atoms with Gasteiger partial charge in [-0.25, -0.2) is 8.78 Å². The van der Waals surface area contributed by atoms with Crippen molar-refractivity contribution in [3.05, 3.63) is 35.4 Å². The summed E-state index contributed by atoms with van der Waals surface area (Å²) in [6.07, 6.45) is 0.563. The molecule has 0 saturated heterocycles. The topological polar surface area (TPSA) is 0 Å². The largest absolute Gasteiger partial charge is 0.207 e. The van der Waals surface area contributed by atoms with Gasteiger partial charge in [-0.2, -0.15) is 0 Å². The van der Waals surface area contributed by atoms with E-state index in [4.69, 9.17) is 0 Å². The average Bonchev–Trinajstić information content (AvgIpc) is 2.18. The van der Waals surface area contributed by atoms with Gasteiger partial charge in [0.15, 0.2) is 0 Å². The van der Waals surface area contributed by atoms with Gasteiger partial charge in [0.25, 0.3) is 0 Å². The summed E-state index contributed by atoms with van der Waals surface area (Å²) >= 11 is 3.53. The lowest BCUT2D eigenvalue weighted by Gasteiger charge is -2.23. The minimum atomic E-state index is -0.374. The fraction of sp³-hybridized carbons (Fsp3) is 0.538. The maximum absolute atomic E-state index is 13.5. The summed E-state index contributed by atoms with van der Waals surface area (Å²) in [6.45, 7) is 6.24. The van der Waals surface area contributed by atoms with E-state index in [0.29, 0.717) is 23.8 Å². The summed E-state index contributed by atoms with van der Waals surface area (Å²) in [4.78, 5) is 0.287. The minimum Gasteiger partial charge on any atom is -0.207 e. The third-order valence-corrected chi connectivity index (χ3v) is 3.59. The molecule has 0 amide bonds. The highest BCUT2D eigenvalue weighted by Gasteiger charge is 2.20. The summed E-state index contributed by atoms with van der Waals surface area (Å²) in [5, 5.41) is 0. The van der Waals surface area contributed by atoms with E-state index in [0.717, 1.165) is 6.07 Å². The van der Waals surface area contributed by atoms with Crippen molar-refractivity contribution in [2.75, 3.05) is 0 Å². The van der Waals surface area contributed by atoms with Crippen LogP contribution in [0.15, 0.2) is 18.2 Å². The predicted molar refractivity (Wildman–Crippen MR) is 66.8 cm³/mol. The van der Waals surface area contributed by atoms with E-state index < -0.39 is 0 Å². The fourth-order valence-electron chi connectivity index (χ4n) is 1.88. The van der Waals surface area contributed by atoms with Crippen molar-refractivity contribution in [1.82, 2.24) is 0 Å². The van der Waals surface area contributed by atoms with Crippen LogP contribution in [0.2, 0.25) is 0 Å². The molecule has 0 N–H and O–H groups in total. The van der Waals surface area contributed by atoms with E-state index >= 15 is 0 Å². The molecule has 0 spiro atoms. The Morgan fingerprint density at radius 1 is 1.19 bits per heavy atom. The van der Waals surface area contributed by atoms with Crippen LogP contribution in [0, 0.1) is 23.5 Å². The van der Waals surface area contributed by atoms with Crippen LogP contribution in [0.5, 0.6) is 0 Å². The number of benzene rings is 1. The van der Waals surface area contributed by atoms with Crippen LogP contribution in [0.25, 0.3) is 0 Å². The van der Waals surface area contributed by atoms with Crippen molar-refractivity contribution in [2.45, 2.75) is 32.0 Å². The first-order valence-electron chi connectivity index (χ1n) is 5.49. The Labute approximate surface area is 104 Å². The van der Waals surface area contributed by atoms with E-state index in [2.05, 4.69) is 29.8 Å². The van der Waals surface area contributed by atoms with Crippen molar-refractivity contribution >= 4 is 15.9 Å². The highest BCUT2D eigenvalue weighted by atomic mass is 79.9. The Hall–Kier alpha value is -0.440. The highest BCUT2D eigenvalue weighted by Crippen LogP contribution is 2.26. The number of halogens is 3. The zero-order valence-corrected chi connectivity index (χ0v) is 11.4. The molecular formula is C13H17BrF2. The smallest absolute Gasteiger partial charge is 0.126 e. The molecule has 1 aromatic rings. The van der Waals surface area contributed by atoms with Crippen LogP contribution in [-0.2, 0) is 6.42 Å². The molecule has 90 valence electrons. The Kier molecular flexibility index (Phi) is 4.90. The van der Waals surface area contributed by atoms with Crippen LogP contribution in [0.3, 0.4) is 0 Å². The van der Waals surface area contributed by atoms with Crippen LogP contribution >= 0.6 is 15.9 Å². The molecule has 16 heavy (non-hydrogen) atoms. The Morgan fingerprint density at radius 2 is 1.81 bits per heavy atom. The van der Waals surface area contributed by atoms with E-state index in [-0.39, 0.29) is 16.5 Å². The molecule has 1 aromatic carbocycles. The molecule has 2 atom stereocenters. The predicted octanol–water partition coefficient (Wildman–Crippen LogP) is 4.56. The molecule has 3 heteroatoms. The lowest BCUT2D eigenvalue weighted by molar-refractivity contribution is 0.377. The maximum atomic E-state index is 13.5. The minimum absolute atomic E-state index is 0.287. The third kappa shape index (κ3) is 3.55. The molecule has 0 radical (unpaired) electrons. The van der Waals surface area contributed by atoms with Crippen molar-refractivity contribution in [3.63, 3.8) is 0 Å². The monoisotopic (exact) mass is 290 g/mol. The van der Waals surface area contributed by atoms with Crippen molar-refractivity contribution in [1.29, 1.82) is 0 Å². The standard InChI is InChI=1S/C13H17BrF2/c1-8(2)12(9(3)14)7-10-6-11(15)4-5-13(10)16/h4-6,8-9,12H,7H2,1-3H3. The third-order valence-electron chi connectivity index (χ3n) is 2.91. The molecule has 0 saturated carbocycles. The molecule has 1 rings (SSSR count). The van der Waals surface area contributed by atoms with Crippen molar-refractivity contribution in [2.24, 2.45) is 11.8 Å². The van der Waals surface area contributed by atoms with Gasteiger partial charge in [-0.1, -0.05) is 36.7 Å². The first-order valence-corrected chi connectivity index (χ1v) is 6.41. The van der Waals surface area contributed by atoms with Crippen molar-refractivity contribution in [3.8, 4) is 0 Å². The fourth-order valence-corrected chi connectivity index (χ4v) is 2.68. The van der Waals surface area contributed by atoms with Gasteiger partial charge in [0, 0.05) is 4.83 Å². The maximum Gasteiger partial charge on any atom is 0.126 e. The summed E-state index contributed by atoms with van der Waals surface area (Å²) in [7, 11) is 0. The Balaban J connectivity index is 2.89. The quantitative estimate of drug-likeness (QED) is 0.713. The zero-order chi connectivity index (χ0) is 12.3. The normalized spacial score (nSPS) is 15.2.